The Morgan fingerprint density at radius 1 is 0.833 bits per heavy atom. The van der Waals surface area contributed by atoms with Gasteiger partial charge in [0, 0.05) is 11.9 Å². The number of ether oxygens (including phenoxy) is 1. The molecule has 0 aliphatic rings. The molecule has 3 heteroatoms. The van der Waals surface area contributed by atoms with Crippen LogP contribution in [0.25, 0.3) is 0 Å². The molecule has 3 nitrogen and oxygen atoms in total. The fourth-order valence-corrected chi connectivity index (χ4v) is 3.67. The third-order valence-corrected chi connectivity index (χ3v) is 5.64. The van der Waals surface area contributed by atoms with Crippen molar-refractivity contribution in [3.63, 3.8) is 0 Å². The summed E-state index contributed by atoms with van der Waals surface area (Å²) in [5.41, 5.74) is 3.98. The molecule has 0 N–H and O–H groups in total. The first-order valence-corrected chi connectivity index (χ1v) is 11.9. The fourth-order valence-electron chi connectivity index (χ4n) is 3.67. The minimum atomic E-state index is -0.295. The van der Waals surface area contributed by atoms with Gasteiger partial charge in [-0.3, -0.25) is 4.98 Å². The molecule has 1 aromatic heterocycles. The summed E-state index contributed by atoms with van der Waals surface area (Å²) in [6.45, 7) is 6.50. The van der Waals surface area contributed by atoms with Gasteiger partial charge in [0.15, 0.2) is 0 Å². The Morgan fingerprint density at radius 3 is 2.13 bits per heavy atom. The smallest absolute Gasteiger partial charge is 0.340 e. The van der Waals surface area contributed by atoms with Crippen LogP contribution in [0.4, 0.5) is 0 Å². The van der Waals surface area contributed by atoms with Crippen molar-refractivity contribution >= 4 is 5.97 Å². The van der Waals surface area contributed by atoms with E-state index in [0.717, 1.165) is 36.9 Å². The van der Waals surface area contributed by atoms with Crippen LogP contribution in [0, 0.1) is 0 Å². The molecular weight excluding hydrogens is 370 g/mol. The first kappa shape index (κ1) is 24.1. The van der Waals surface area contributed by atoms with Crippen LogP contribution in [0.1, 0.15) is 112 Å². The van der Waals surface area contributed by atoms with Gasteiger partial charge in [-0.2, -0.15) is 0 Å². The number of esters is 1. The van der Waals surface area contributed by atoms with E-state index in [1.54, 1.807) is 6.20 Å². The van der Waals surface area contributed by atoms with Crippen LogP contribution in [0.2, 0.25) is 0 Å². The number of rotatable bonds is 14. The number of unbranched alkanes of at least 4 members (excludes halogenated alkanes) is 6. The van der Waals surface area contributed by atoms with Gasteiger partial charge in [-0.15, -0.1) is 0 Å². The number of carbonyl (C=O) groups excluding carboxylic acids is 1. The Bertz CT molecular complexity index is 722. The lowest BCUT2D eigenvalue weighted by atomic mass is 10.0. The van der Waals surface area contributed by atoms with Crippen LogP contribution in [0.5, 0.6) is 0 Å². The molecule has 0 radical (unpaired) electrons. The second kappa shape index (κ2) is 14.0. The second-order valence-corrected chi connectivity index (χ2v) is 8.20. The molecule has 0 amide bonds. The molecule has 30 heavy (non-hydrogen) atoms. The van der Waals surface area contributed by atoms with Gasteiger partial charge in [0.25, 0.3) is 0 Å². The predicted molar refractivity (Wildman–Crippen MR) is 125 cm³/mol. The van der Waals surface area contributed by atoms with Gasteiger partial charge in [0.2, 0.25) is 0 Å². The van der Waals surface area contributed by atoms with Gasteiger partial charge < -0.3 is 4.74 Å². The summed E-state index contributed by atoms with van der Waals surface area (Å²) < 4.78 is 5.80. The molecule has 2 rings (SSSR count). The quantitative estimate of drug-likeness (QED) is 0.238. The van der Waals surface area contributed by atoms with Gasteiger partial charge in [-0.25, -0.2) is 4.79 Å². The summed E-state index contributed by atoms with van der Waals surface area (Å²) in [6.07, 6.45) is 14.3. The number of aromatic nitrogens is 1. The van der Waals surface area contributed by atoms with Crippen LogP contribution >= 0.6 is 0 Å². The number of nitrogens with zero attached hydrogens (tertiary/aromatic N) is 1. The molecule has 0 spiro atoms. The van der Waals surface area contributed by atoms with Gasteiger partial charge >= 0.3 is 5.97 Å². The van der Waals surface area contributed by atoms with Crippen molar-refractivity contribution in [1.82, 2.24) is 4.98 Å². The molecule has 1 aromatic carbocycles. The fraction of sp³-hybridized carbons (Fsp3) is 0.556. The highest BCUT2D eigenvalue weighted by Crippen LogP contribution is 2.23. The number of pyridine rings is 1. The van der Waals surface area contributed by atoms with Crippen LogP contribution < -0.4 is 0 Å². The summed E-state index contributed by atoms with van der Waals surface area (Å²) in [5, 5.41) is 0. The third-order valence-electron chi connectivity index (χ3n) is 5.64. The molecule has 0 bridgehead atoms. The maximum absolute atomic E-state index is 12.6. The standard InChI is InChI=1S/C27H39NO2/c1-4-7-9-10-12-14-25-20-19-24(21-28-25)27(29)30-26(6-3)23-17-15-22(16-18-23)13-11-8-5-2/h15-21,26H,4-14H2,1-3H3. The molecule has 2 aromatic rings. The van der Waals surface area contributed by atoms with Crippen LogP contribution in [-0.4, -0.2) is 11.0 Å². The van der Waals surface area contributed by atoms with Crippen molar-refractivity contribution in [2.24, 2.45) is 0 Å². The van der Waals surface area contributed by atoms with E-state index < -0.39 is 0 Å². The largest absolute Gasteiger partial charge is 0.454 e. The maximum atomic E-state index is 12.6. The van der Waals surface area contributed by atoms with Gasteiger partial charge in [-0.1, -0.05) is 83.6 Å². The number of aryl methyl sites for hydroxylation is 2. The lowest BCUT2D eigenvalue weighted by Crippen LogP contribution is -2.12. The highest BCUT2D eigenvalue weighted by Gasteiger charge is 2.17. The van der Waals surface area contributed by atoms with Crippen LogP contribution in [-0.2, 0) is 17.6 Å². The number of hydrogen-bond acceptors (Lipinski definition) is 3. The van der Waals surface area contributed by atoms with E-state index in [1.165, 1.54) is 50.5 Å². The Labute approximate surface area is 183 Å². The average Bonchev–Trinajstić information content (AvgIpc) is 2.78. The number of hydrogen-bond donors (Lipinski definition) is 0. The summed E-state index contributed by atoms with van der Waals surface area (Å²) in [7, 11) is 0. The van der Waals surface area contributed by atoms with Gasteiger partial charge in [0.05, 0.1) is 5.56 Å². The number of carbonyl (C=O) groups is 1. The topological polar surface area (TPSA) is 39.2 Å². The Hall–Kier alpha value is -2.16. The molecule has 0 aliphatic carbocycles. The van der Waals surface area contributed by atoms with Crippen molar-refractivity contribution in [1.29, 1.82) is 0 Å². The van der Waals surface area contributed by atoms with Gasteiger partial charge in [-0.05, 0) is 55.4 Å². The summed E-state index contributed by atoms with van der Waals surface area (Å²) in [6, 6.07) is 12.3. The highest BCUT2D eigenvalue weighted by molar-refractivity contribution is 5.89. The minimum Gasteiger partial charge on any atom is -0.454 e. The summed E-state index contributed by atoms with van der Waals surface area (Å²) >= 11 is 0. The first-order chi connectivity index (χ1) is 14.7. The lowest BCUT2D eigenvalue weighted by Gasteiger charge is -2.17. The second-order valence-electron chi connectivity index (χ2n) is 8.20. The van der Waals surface area contributed by atoms with Crippen LogP contribution in [0.3, 0.4) is 0 Å². The zero-order chi connectivity index (χ0) is 21.6. The van der Waals surface area contributed by atoms with Crippen molar-refractivity contribution in [3.05, 3.63) is 65.0 Å². The third kappa shape index (κ3) is 8.30. The van der Waals surface area contributed by atoms with E-state index in [0.29, 0.717) is 5.56 Å². The van der Waals surface area contributed by atoms with Crippen molar-refractivity contribution in [2.45, 2.75) is 97.5 Å². The SMILES string of the molecule is CCCCCCCc1ccc(C(=O)OC(CC)c2ccc(CCCCC)cc2)cn1. The normalized spacial score (nSPS) is 12.0. The molecule has 1 heterocycles. The lowest BCUT2D eigenvalue weighted by molar-refractivity contribution is 0.0287. The van der Waals surface area contributed by atoms with Gasteiger partial charge in [0.1, 0.15) is 6.10 Å². The van der Waals surface area contributed by atoms with Crippen molar-refractivity contribution in [2.75, 3.05) is 0 Å². The molecule has 1 unspecified atom stereocenters. The molecule has 0 saturated carbocycles. The van der Waals surface area contributed by atoms with E-state index in [4.69, 9.17) is 4.74 Å². The predicted octanol–water partition coefficient (Wildman–Crippen LogP) is 7.64. The van der Waals surface area contributed by atoms with Crippen molar-refractivity contribution < 1.29 is 9.53 Å². The average molecular weight is 410 g/mol. The molecule has 0 saturated heterocycles. The zero-order valence-electron chi connectivity index (χ0n) is 19.2. The van der Waals surface area contributed by atoms with E-state index >= 15 is 0 Å². The van der Waals surface area contributed by atoms with E-state index in [9.17, 15) is 4.79 Å². The van der Waals surface area contributed by atoms with E-state index in [2.05, 4.69) is 43.1 Å². The minimum absolute atomic E-state index is 0.222. The maximum Gasteiger partial charge on any atom is 0.340 e. The molecular formula is C27H39NO2. The van der Waals surface area contributed by atoms with E-state index in [1.807, 2.05) is 19.1 Å². The molecule has 0 fully saturated rings. The van der Waals surface area contributed by atoms with Crippen molar-refractivity contribution in [3.8, 4) is 0 Å². The summed E-state index contributed by atoms with van der Waals surface area (Å²) in [4.78, 5) is 17.1. The summed E-state index contributed by atoms with van der Waals surface area (Å²) in [5.74, 6) is -0.295. The first-order valence-electron chi connectivity index (χ1n) is 11.9. The van der Waals surface area contributed by atoms with Crippen LogP contribution in [0.15, 0.2) is 42.6 Å². The molecule has 1 atom stereocenters. The monoisotopic (exact) mass is 409 g/mol. The Morgan fingerprint density at radius 2 is 1.50 bits per heavy atom. The van der Waals surface area contributed by atoms with E-state index in [-0.39, 0.29) is 12.1 Å². The zero-order valence-corrected chi connectivity index (χ0v) is 19.2. The highest BCUT2D eigenvalue weighted by atomic mass is 16.5. The number of benzene rings is 1. The Kier molecular flexibility index (Phi) is 11.2. The molecule has 164 valence electrons. The Balaban J connectivity index is 1.86. The molecule has 0 aliphatic heterocycles.